The van der Waals surface area contributed by atoms with Gasteiger partial charge in [-0.1, -0.05) is 11.6 Å². The summed E-state index contributed by atoms with van der Waals surface area (Å²) in [5.41, 5.74) is 0. The Labute approximate surface area is 86.3 Å². The SMILES string of the molecule is CC(OCC(=O)O)c1ncc(Cl)n1C. The van der Waals surface area contributed by atoms with E-state index in [4.69, 9.17) is 21.4 Å². The largest absolute Gasteiger partial charge is 0.480 e. The molecular weight excluding hydrogens is 208 g/mol. The topological polar surface area (TPSA) is 64.3 Å². The number of rotatable bonds is 4. The van der Waals surface area contributed by atoms with Crippen LogP contribution < -0.4 is 0 Å². The Balaban J connectivity index is 2.65. The van der Waals surface area contributed by atoms with Crippen molar-refractivity contribution in [3.8, 4) is 0 Å². The van der Waals surface area contributed by atoms with Crippen molar-refractivity contribution in [2.45, 2.75) is 13.0 Å². The second-order valence-electron chi connectivity index (χ2n) is 2.85. The van der Waals surface area contributed by atoms with Gasteiger partial charge in [-0.15, -0.1) is 0 Å². The quantitative estimate of drug-likeness (QED) is 0.826. The van der Waals surface area contributed by atoms with E-state index >= 15 is 0 Å². The van der Waals surface area contributed by atoms with E-state index in [-0.39, 0.29) is 12.7 Å². The van der Waals surface area contributed by atoms with Crippen LogP contribution in [0, 0.1) is 0 Å². The maximum atomic E-state index is 10.2. The van der Waals surface area contributed by atoms with Gasteiger partial charge >= 0.3 is 5.97 Å². The van der Waals surface area contributed by atoms with Gasteiger partial charge in [-0.25, -0.2) is 9.78 Å². The van der Waals surface area contributed by atoms with Crippen molar-refractivity contribution >= 4 is 17.6 Å². The standard InChI is InChI=1S/C8H11ClN2O3/c1-5(14-4-7(12)13)8-10-3-6(9)11(8)2/h3,5H,4H2,1-2H3,(H,12,13). The average molecular weight is 219 g/mol. The number of halogens is 1. The number of carbonyl (C=O) groups is 1. The molecule has 0 aliphatic rings. The third kappa shape index (κ3) is 2.46. The second-order valence-corrected chi connectivity index (χ2v) is 3.23. The molecule has 0 saturated carbocycles. The van der Waals surface area contributed by atoms with E-state index in [0.29, 0.717) is 11.0 Å². The van der Waals surface area contributed by atoms with Crippen LogP contribution in [0.5, 0.6) is 0 Å². The third-order valence-electron chi connectivity index (χ3n) is 1.79. The molecule has 0 fully saturated rings. The zero-order valence-electron chi connectivity index (χ0n) is 7.90. The number of imidazole rings is 1. The molecule has 0 amide bonds. The first-order valence-electron chi connectivity index (χ1n) is 4.03. The van der Waals surface area contributed by atoms with Crippen LogP contribution in [0.2, 0.25) is 5.15 Å². The Bertz CT molecular complexity index is 337. The highest BCUT2D eigenvalue weighted by molar-refractivity contribution is 6.29. The monoisotopic (exact) mass is 218 g/mol. The van der Waals surface area contributed by atoms with E-state index in [1.807, 2.05) is 0 Å². The Morgan fingerprint density at radius 3 is 2.93 bits per heavy atom. The number of aromatic nitrogens is 2. The number of hydrogen-bond acceptors (Lipinski definition) is 3. The lowest BCUT2D eigenvalue weighted by molar-refractivity contribution is -0.144. The fourth-order valence-corrected chi connectivity index (χ4v) is 1.19. The number of ether oxygens (including phenoxy) is 1. The van der Waals surface area contributed by atoms with Gasteiger partial charge in [-0.3, -0.25) is 0 Å². The summed E-state index contributed by atoms with van der Waals surface area (Å²) >= 11 is 5.76. The summed E-state index contributed by atoms with van der Waals surface area (Å²) in [5.74, 6) is -0.395. The number of nitrogens with zero attached hydrogens (tertiary/aromatic N) is 2. The highest BCUT2D eigenvalue weighted by Crippen LogP contribution is 2.18. The van der Waals surface area contributed by atoms with E-state index in [2.05, 4.69) is 4.98 Å². The number of carboxylic acid groups (broad SMARTS) is 1. The van der Waals surface area contributed by atoms with Gasteiger partial charge < -0.3 is 14.4 Å². The first-order valence-corrected chi connectivity index (χ1v) is 4.40. The molecule has 0 radical (unpaired) electrons. The molecule has 0 saturated heterocycles. The van der Waals surface area contributed by atoms with Gasteiger partial charge in [-0.2, -0.15) is 0 Å². The first kappa shape index (κ1) is 11.0. The normalized spacial score (nSPS) is 12.8. The molecule has 1 atom stereocenters. The second kappa shape index (κ2) is 4.43. The summed E-state index contributed by atoms with van der Waals surface area (Å²) in [5, 5.41) is 8.90. The van der Waals surface area contributed by atoms with Gasteiger partial charge in [-0.05, 0) is 6.92 Å². The maximum absolute atomic E-state index is 10.2. The highest BCUT2D eigenvalue weighted by atomic mass is 35.5. The minimum absolute atomic E-state index is 0.342. The van der Waals surface area contributed by atoms with E-state index < -0.39 is 5.97 Å². The minimum atomic E-state index is -1.00. The van der Waals surface area contributed by atoms with Crippen LogP contribution in [0.3, 0.4) is 0 Å². The Morgan fingerprint density at radius 2 is 2.50 bits per heavy atom. The Hall–Kier alpha value is -1.07. The van der Waals surface area contributed by atoms with Gasteiger partial charge in [0, 0.05) is 7.05 Å². The van der Waals surface area contributed by atoms with Crippen molar-refractivity contribution in [3.63, 3.8) is 0 Å². The van der Waals surface area contributed by atoms with Gasteiger partial charge in [0.05, 0.1) is 6.20 Å². The van der Waals surface area contributed by atoms with Crippen LogP contribution in [-0.2, 0) is 16.6 Å². The molecule has 6 heteroatoms. The van der Waals surface area contributed by atoms with Crippen LogP contribution in [-0.4, -0.2) is 27.2 Å². The van der Waals surface area contributed by atoms with Crippen LogP contribution in [0.15, 0.2) is 6.20 Å². The highest BCUT2D eigenvalue weighted by Gasteiger charge is 2.14. The Morgan fingerprint density at radius 1 is 1.86 bits per heavy atom. The molecule has 1 aromatic heterocycles. The molecule has 78 valence electrons. The Kier molecular flexibility index (Phi) is 3.49. The van der Waals surface area contributed by atoms with Gasteiger partial charge in [0.25, 0.3) is 0 Å². The molecule has 1 unspecified atom stereocenters. The van der Waals surface area contributed by atoms with E-state index in [1.165, 1.54) is 6.20 Å². The van der Waals surface area contributed by atoms with E-state index in [0.717, 1.165) is 0 Å². The zero-order chi connectivity index (χ0) is 10.7. The first-order chi connectivity index (χ1) is 6.52. The molecule has 14 heavy (non-hydrogen) atoms. The molecule has 0 aliphatic carbocycles. The summed E-state index contributed by atoms with van der Waals surface area (Å²) in [7, 11) is 1.74. The zero-order valence-corrected chi connectivity index (χ0v) is 8.65. The van der Waals surface area contributed by atoms with E-state index in [1.54, 1.807) is 18.5 Å². The number of hydrogen-bond donors (Lipinski definition) is 1. The van der Waals surface area contributed by atoms with E-state index in [9.17, 15) is 4.79 Å². The van der Waals surface area contributed by atoms with Crippen molar-refractivity contribution < 1.29 is 14.6 Å². The van der Waals surface area contributed by atoms with Crippen molar-refractivity contribution in [3.05, 3.63) is 17.2 Å². The molecule has 5 nitrogen and oxygen atoms in total. The summed E-state index contributed by atoms with van der Waals surface area (Å²) < 4.78 is 6.69. The molecule has 1 N–H and O–H groups in total. The van der Waals surface area contributed by atoms with Gasteiger partial charge in [0.1, 0.15) is 23.7 Å². The van der Waals surface area contributed by atoms with Crippen LogP contribution in [0.25, 0.3) is 0 Å². The molecule has 0 bridgehead atoms. The van der Waals surface area contributed by atoms with Crippen LogP contribution in [0.4, 0.5) is 0 Å². The lowest BCUT2D eigenvalue weighted by atomic mass is 10.4. The van der Waals surface area contributed by atoms with Crippen molar-refractivity contribution in [1.29, 1.82) is 0 Å². The molecular formula is C8H11ClN2O3. The molecule has 0 aliphatic heterocycles. The van der Waals surface area contributed by atoms with Crippen LogP contribution >= 0.6 is 11.6 Å². The molecule has 1 heterocycles. The number of aliphatic carboxylic acids is 1. The maximum Gasteiger partial charge on any atom is 0.329 e. The molecule has 0 aromatic carbocycles. The number of carboxylic acids is 1. The summed E-state index contributed by atoms with van der Waals surface area (Å²) in [6, 6.07) is 0. The van der Waals surface area contributed by atoms with Crippen molar-refractivity contribution in [1.82, 2.24) is 9.55 Å². The summed E-state index contributed by atoms with van der Waals surface area (Å²) in [6.07, 6.45) is 1.11. The molecule has 1 aromatic rings. The summed E-state index contributed by atoms with van der Waals surface area (Å²) in [4.78, 5) is 14.3. The lowest BCUT2D eigenvalue weighted by Crippen LogP contribution is -2.13. The van der Waals surface area contributed by atoms with Crippen molar-refractivity contribution in [2.24, 2.45) is 7.05 Å². The van der Waals surface area contributed by atoms with Crippen molar-refractivity contribution in [2.75, 3.05) is 6.61 Å². The smallest absolute Gasteiger partial charge is 0.329 e. The summed E-state index contributed by atoms with van der Waals surface area (Å²) in [6.45, 7) is 1.38. The van der Waals surface area contributed by atoms with Crippen LogP contribution in [0.1, 0.15) is 18.9 Å². The van der Waals surface area contributed by atoms with Gasteiger partial charge in [0.15, 0.2) is 0 Å². The third-order valence-corrected chi connectivity index (χ3v) is 2.14. The fourth-order valence-electron chi connectivity index (χ4n) is 1.05. The lowest BCUT2D eigenvalue weighted by Gasteiger charge is -2.11. The predicted octanol–water partition coefficient (Wildman–Crippen LogP) is 1.24. The average Bonchev–Trinajstić information content (AvgIpc) is 2.44. The molecule has 1 rings (SSSR count). The van der Waals surface area contributed by atoms with Gasteiger partial charge in [0.2, 0.25) is 0 Å². The minimum Gasteiger partial charge on any atom is -0.480 e. The molecule has 0 spiro atoms. The predicted molar refractivity (Wildman–Crippen MR) is 50.2 cm³/mol. The fraction of sp³-hybridized carbons (Fsp3) is 0.500.